The molecule has 10 rings (SSSR count). The molecule has 0 radical (unpaired) electrons. The van der Waals surface area contributed by atoms with E-state index in [0.717, 1.165) is 122 Å². The number of rotatable bonds is 26. The summed E-state index contributed by atoms with van der Waals surface area (Å²) in [6.07, 6.45) is 16.1. The first-order valence-corrected chi connectivity index (χ1v) is 32.2. The quantitative estimate of drug-likeness (QED) is 0.0349. The number of benzene rings is 4. The maximum absolute atomic E-state index is 14.3. The molecule has 4 aromatic carbocycles. The number of amides is 6. The summed E-state index contributed by atoms with van der Waals surface area (Å²) in [6.45, 7) is 5.43. The highest BCUT2D eigenvalue weighted by Gasteiger charge is 2.46. The number of carbonyl (C=O) groups is 6. The van der Waals surface area contributed by atoms with E-state index in [1.54, 1.807) is 37.7 Å². The third-order valence-electron chi connectivity index (χ3n) is 18.4. The first-order valence-electron chi connectivity index (χ1n) is 32.2. The molecule has 21 heteroatoms. The number of aryl methyl sites for hydroxylation is 4. The van der Waals surface area contributed by atoms with Crippen LogP contribution in [0.5, 0.6) is 0 Å². The molecule has 89 heavy (non-hydrogen) atoms. The van der Waals surface area contributed by atoms with Crippen LogP contribution in [0, 0.1) is 0 Å². The molecule has 4 aliphatic rings. The molecular weight excluding hydrogens is 1120 g/mol. The maximum atomic E-state index is 14.3. The van der Waals surface area contributed by atoms with Crippen LogP contribution in [0.4, 0.5) is 0 Å². The SMILES string of the molecule is CN[C@@H](C)C(=O)N[C@H]1CCCCC2CC[C@@H](C(=O)N[C@@H](c3ccccc3)c3ccc(CCCn4cc(COCc5cn(CCCc6ccc([C@@H](NC(=O)[C@@H]7CCC8CCCC[C@H](NC(=O)[C@H](C)NC)C(=O)N87)c7ccccc7)cc6)nn5)nn4)cc3)N2C1=O. The number of carbonyl (C=O) groups excluding carboxylic acids is 6. The fourth-order valence-electron chi connectivity index (χ4n) is 13.1. The van der Waals surface area contributed by atoms with E-state index in [-0.39, 0.29) is 60.7 Å². The van der Waals surface area contributed by atoms with Gasteiger partial charge in [0.1, 0.15) is 35.6 Å². The summed E-state index contributed by atoms with van der Waals surface area (Å²) in [6, 6.07) is 32.1. The molecule has 0 spiro atoms. The molecule has 6 N–H and O–H groups in total. The van der Waals surface area contributed by atoms with Gasteiger partial charge in [-0.15, -0.1) is 10.2 Å². The number of nitrogens with one attached hydrogen (secondary N) is 6. The molecule has 4 fully saturated rings. The van der Waals surface area contributed by atoms with Crippen LogP contribution in [0.15, 0.2) is 122 Å². The molecule has 472 valence electrons. The Balaban J connectivity index is 0.661. The van der Waals surface area contributed by atoms with Crippen LogP contribution in [0.3, 0.4) is 0 Å². The van der Waals surface area contributed by atoms with E-state index in [1.807, 2.05) is 82.4 Å². The van der Waals surface area contributed by atoms with Gasteiger partial charge in [0.15, 0.2) is 0 Å². The predicted molar refractivity (Wildman–Crippen MR) is 336 cm³/mol. The number of fused-ring (bicyclic) bond motifs is 2. The summed E-state index contributed by atoms with van der Waals surface area (Å²) in [7, 11) is 3.43. The van der Waals surface area contributed by atoms with Crippen LogP contribution in [-0.2, 0) is 72.6 Å². The number of hydrogen-bond donors (Lipinski definition) is 6. The maximum Gasteiger partial charge on any atom is 0.246 e. The lowest BCUT2D eigenvalue weighted by molar-refractivity contribution is -0.144. The third kappa shape index (κ3) is 16.4. The molecule has 0 bridgehead atoms. The van der Waals surface area contributed by atoms with Crippen LogP contribution < -0.4 is 31.9 Å². The van der Waals surface area contributed by atoms with E-state index < -0.39 is 48.3 Å². The Morgan fingerprint density at radius 2 is 0.888 bits per heavy atom. The standard InChI is InChI=1S/C68H88N14O7/c1-45(69-3)63(83)71-57-25-13-11-23-55-35-37-59(81(55)67(57)87)65(85)73-61(49-19-7-5-8-20-49)51-31-27-47(28-32-51)17-15-39-79-41-53(75-77-79)43-89-44-54-42-80(78-76-54)40-16-18-48-29-33-52(34-30-48)62(50-21-9-6-10-22-50)74-66(86)60-38-36-56-24-12-14-26-58(68(88)82(56)60)72-64(84)46(2)70-4/h5-10,19-22,27-34,41-42,45-46,55-62,69-70H,11-18,23-26,35-40,43-44H2,1-4H3,(H,71,83)(H,72,84)(H,73,85)(H,74,86)/t45-,46-,55?,56?,57-,58-,59-,60-,61-,62-/m0/s1. The molecule has 2 unspecified atom stereocenters. The minimum Gasteiger partial charge on any atom is -0.369 e. The second kappa shape index (κ2) is 30.9. The molecule has 6 aromatic rings. The van der Waals surface area contributed by atoms with Crippen molar-refractivity contribution in [1.82, 2.24) is 71.7 Å². The van der Waals surface area contributed by atoms with Gasteiger partial charge in [0, 0.05) is 25.2 Å². The molecule has 21 nitrogen and oxygen atoms in total. The van der Waals surface area contributed by atoms with Gasteiger partial charge < -0.3 is 46.4 Å². The third-order valence-corrected chi connectivity index (χ3v) is 18.4. The zero-order chi connectivity index (χ0) is 62.2. The molecule has 4 saturated heterocycles. The minimum absolute atomic E-state index is 0.0344. The second-order valence-electron chi connectivity index (χ2n) is 24.5. The first kappa shape index (κ1) is 63.9. The molecular formula is C68H88N14O7. The number of aromatic nitrogens is 6. The van der Waals surface area contributed by atoms with Crippen LogP contribution >= 0.6 is 0 Å². The van der Waals surface area contributed by atoms with Gasteiger partial charge in [0.25, 0.3) is 0 Å². The molecule has 0 saturated carbocycles. The van der Waals surface area contributed by atoms with Gasteiger partial charge in [-0.25, -0.2) is 0 Å². The van der Waals surface area contributed by atoms with E-state index in [0.29, 0.717) is 38.8 Å². The average molecular weight is 1210 g/mol. The van der Waals surface area contributed by atoms with Crippen LogP contribution in [0.25, 0.3) is 0 Å². The zero-order valence-electron chi connectivity index (χ0n) is 51.9. The predicted octanol–water partition coefficient (Wildman–Crippen LogP) is 6.32. The molecule has 0 aliphatic carbocycles. The van der Waals surface area contributed by atoms with E-state index in [1.165, 1.54) is 0 Å². The molecule has 4 aliphatic heterocycles. The Bertz CT molecular complexity index is 3090. The lowest BCUT2D eigenvalue weighted by Gasteiger charge is -2.36. The monoisotopic (exact) mass is 1210 g/mol. The van der Waals surface area contributed by atoms with Crippen molar-refractivity contribution in [3.05, 3.63) is 166 Å². The lowest BCUT2D eigenvalue weighted by Crippen LogP contribution is -2.58. The fraction of sp³-hybridized carbons (Fsp3) is 0.500. The van der Waals surface area contributed by atoms with Gasteiger partial charge in [-0.1, -0.05) is 145 Å². The van der Waals surface area contributed by atoms with E-state index >= 15 is 0 Å². The Morgan fingerprint density at radius 3 is 1.28 bits per heavy atom. The van der Waals surface area contributed by atoms with Gasteiger partial charge in [-0.2, -0.15) is 0 Å². The van der Waals surface area contributed by atoms with E-state index in [4.69, 9.17) is 4.74 Å². The summed E-state index contributed by atoms with van der Waals surface area (Å²) >= 11 is 0. The van der Waals surface area contributed by atoms with Gasteiger partial charge in [-0.3, -0.25) is 38.1 Å². The Labute approximate surface area is 522 Å². The topological polar surface area (TPSA) is 252 Å². The van der Waals surface area contributed by atoms with Gasteiger partial charge in [-0.05, 0) is 138 Å². The number of nitrogens with zero attached hydrogens (tertiary/aromatic N) is 8. The Hall–Kier alpha value is -8.14. The van der Waals surface area contributed by atoms with Crippen LogP contribution in [0.2, 0.25) is 0 Å². The smallest absolute Gasteiger partial charge is 0.246 e. The van der Waals surface area contributed by atoms with Gasteiger partial charge in [0.2, 0.25) is 35.4 Å². The van der Waals surface area contributed by atoms with Crippen LogP contribution in [-0.4, -0.2) is 138 Å². The van der Waals surface area contributed by atoms with Gasteiger partial charge in [0.05, 0.1) is 49.8 Å². The van der Waals surface area contributed by atoms with Crippen LogP contribution in [0.1, 0.15) is 161 Å². The summed E-state index contributed by atoms with van der Waals surface area (Å²) in [5.41, 5.74) is 7.52. The van der Waals surface area contributed by atoms with Gasteiger partial charge >= 0.3 is 0 Å². The fourth-order valence-corrected chi connectivity index (χ4v) is 13.1. The summed E-state index contributed by atoms with van der Waals surface area (Å²) in [4.78, 5) is 86.2. The molecule has 10 atom stereocenters. The minimum atomic E-state index is -0.666. The number of likely N-dealkylation sites (N-methyl/N-ethyl adjacent to an activating group) is 2. The highest BCUT2D eigenvalue weighted by Crippen LogP contribution is 2.35. The summed E-state index contributed by atoms with van der Waals surface area (Å²) < 4.78 is 9.66. The normalized spacial score (nSPS) is 21.7. The van der Waals surface area contributed by atoms with Crippen molar-refractivity contribution in [2.45, 2.75) is 203 Å². The number of hydrogen-bond acceptors (Lipinski definition) is 13. The lowest BCUT2D eigenvalue weighted by atomic mass is 9.96. The van der Waals surface area contributed by atoms with Crippen molar-refractivity contribution < 1.29 is 33.5 Å². The van der Waals surface area contributed by atoms with E-state index in [2.05, 4.69) is 101 Å². The highest BCUT2D eigenvalue weighted by molar-refractivity contribution is 5.95. The Kier molecular flexibility index (Phi) is 22.1. The van der Waals surface area contributed by atoms with Crippen molar-refractivity contribution in [2.75, 3.05) is 14.1 Å². The molecule has 6 heterocycles. The largest absolute Gasteiger partial charge is 0.369 e. The Morgan fingerprint density at radius 1 is 0.506 bits per heavy atom. The van der Waals surface area contributed by atoms with E-state index in [9.17, 15) is 28.8 Å². The number of ether oxygens (including phenoxy) is 1. The highest BCUT2D eigenvalue weighted by atomic mass is 16.5. The van der Waals surface area contributed by atoms with Crippen molar-refractivity contribution >= 4 is 35.4 Å². The molecule has 6 amide bonds. The van der Waals surface area contributed by atoms with Crippen molar-refractivity contribution in [3.63, 3.8) is 0 Å². The summed E-state index contributed by atoms with van der Waals surface area (Å²) in [5.74, 6) is -1.18. The van der Waals surface area contributed by atoms with Crippen molar-refractivity contribution in [3.8, 4) is 0 Å². The second-order valence-corrected chi connectivity index (χ2v) is 24.5. The van der Waals surface area contributed by atoms with Crippen molar-refractivity contribution in [2.24, 2.45) is 0 Å². The summed E-state index contributed by atoms with van der Waals surface area (Å²) in [5, 5.41) is 35.9. The first-order chi connectivity index (χ1) is 43.3. The van der Waals surface area contributed by atoms with Crippen molar-refractivity contribution in [1.29, 1.82) is 0 Å². The average Bonchev–Trinajstić information content (AvgIpc) is 4.45. The molecule has 2 aromatic heterocycles. The zero-order valence-corrected chi connectivity index (χ0v) is 51.9.